The summed E-state index contributed by atoms with van der Waals surface area (Å²) < 4.78 is 25.7. The van der Waals surface area contributed by atoms with Gasteiger partial charge >= 0.3 is 0 Å². The van der Waals surface area contributed by atoms with E-state index < -0.39 is 14.9 Å². The summed E-state index contributed by atoms with van der Waals surface area (Å²) in [7, 11) is -3.75. The maximum atomic E-state index is 12.4. The van der Waals surface area contributed by atoms with Gasteiger partial charge in [-0.05, 0) is 19.1 Å². The molecule has 1 aromatic carbocycles. The molecule has 1 N–H and O–H groups in total. The molecule has 102 valence electrons. The summed E-state index contributed by atoms with van der Waals surface area (Å²) in [6.07, 6.45) is 0.665. The van der Waals surface area contributed by atoms with Crippen LogP contribution in [0, 0.1) is 17.0 Å². The lowest BCUT2D eigenvalue weighted by Crippen LogP contribution is -2.28. The van der Waals surface area contributed by atoms with Crippen LogP contribution in [0.4, 0.5) is 0 Å². The number of nitro groups is 1. The number of benzene rings is 1. The zero-order chi connectivity index (χ0) is 14.0. The second kappa shape index (κ2) is 4.88. The van der Waals surface area contributed by atoms with Crippen LogP contribution >= 0.6 is 0 Å². The Hall–Kier alpha value is -2.09. The van der Waals surface area contributed by atoms with Crippen LogP contribution in [0.3, 0.4) is 0 Å². The third kappa shape index (κ3) is 2.68. The van der Waals surface area contributed by atoms with Crippen LogP contribution < -0.4 is 5.32 Å². The van der Waals surface area contributed by atoms with E-state index in [9.17, 15) is 18.5 Å². The molecule has 1 aliphatic heterocycles. The van der Waals surface area contributed by atoms with E-state index in [0.717, 1.165) is 9.87 Å². The maximum Gasteiger partial charge on any atom is 0.275 e. The molecule has 19 heavy (non-hydrogen) atoms. The number of hydrogen-bond acceptors (Lipinski definition) is 5. The van der Waals surface area contributed by atoms with Crippen molar-refractivity contribution in [1.82, 2.24) is 9.62 Å². The lowest BCUT2D eigenvalue weighted by atomic mass is 10.2. The van der Waals surface area contributed by atoms with E-state index in [2.05, 4.69) is 5.32 Å². The van der Waals surface area contributed by atoms with Gasteiger partial charge in [0.2, 0.25) is 0 Å². The van der Waals surface area contributed by atoms with Gasteiger partial charge in [-0.25, -0.2) is 12.7 Å². The number of nitrogens with one attached hydrogen (secondary N) is 1. The van der Waals surface area contributed by atoms with Gasteiger partial charge in [-0.15, -0.1) is 0 Å². The van der Waals surface area contributed by atoms with E-state index >= 15 is 0 Å². The van der Waals surface area contributed by atoms with E-state index in [0.29, 0.717) is 12.7 Å². The number of rotatable bonds is 3. The standard InChI is InChI=1S/C11H13N3O4S/c1-9-2-4-10(5-3-9)19(17,18)13-7-6-12-11(13)8-14(15)16/h2-5,8,12H,6-7H2,1H3/b11-8-. The smallest absolute Gasteiger partial charge is 0.275 e. The van der Waals surface area contributed by atoms with E-state index in [1.807, 2.05) is 6.92 Å². The summed E-state index contributed by atoms with van der Waals surface area (Å²) >= 11 is 0. The molecule has 1 aliphatic rings. The minimum atomic E-state index is -3.75. The van der Waals surface area contributed by atoms with Gasteiger partial charge in [0.15, 0.2) is 5.82 Å². The highest BCUT2D eigenvalue weighted by atomic mass is 32.2. The van der Waals surface area contributed by atoms with Crippen molar-refractivity contribution in [1.29, 1.82) is 0 Å². The Morgan fingerprint density at radius 1 is 1.37 bits per heavy atom. The first-order valence-corrected chi connectivity index (χ1v) is 7.04. The second-order valence-corrected chi connectivity index (χ2v) is 5.98. The van der Waals surface area contributed by atoms with Gasteiger partial charge in [-0.3, -0.25) is 10.1 Å². The van der Waals surface area contributed by atoms with Gasteiger partial charge in [0.05, 0.1) is 16.4 Å². The van der Waals surface area contributed by atoms with E-state index in [-0.39, 0.29) is 17.3 Å². The molecule has 1 saturated heterocycles. The molecule has 0 aliphatic carbocycles. The Labute approximate surface area is 110 Å². The summed E-state index contributed by atoms with van der Waals surface area (Å²) in [5, 5.41) is 13.2. The molecule has 2 rings (SSSR count). The largest absolute Gasteiger partial charge is 0.364 e. The van der Waals surface area contributed by atoms with Crippen molar-refractivity contribution in [3.8, 4) is 0 Å². The molecule has 0 saturated carbocycles. The van der Waals surface area contributed by atoms with Crippen LogP contribution in [0.1, 0.15) is 5.56 Å². The van der Waals surface area contributed by atoms with Crippen molar-refractivity contribution in [2.75, 3.05) is 13.1 Å². The predicted molar refractivity (Wildman–Crippen MR) is 68.2 cm³/mol. The van der Waals surface area contributed by atoms with Crippen LogP contribution in [0.5, 0.6) is 0 Å². The first-order chi connectivity index (χ1) is 8.91. The molecular formula is C11H13N3O4S. The second-order valence-electron chi connectivity index (χ2n) is 4.12. The first-order valence-electron chi connectivity index (χ1n) is 5.60. The van der Waals surface area contributed by atoms with Crippen molar-refractivity contribution >= 4 is 10.0 Å². The number of hydrogen-bond donors (Lipinski definition) is 1. The Morgan fingerprint density at radius 2 is 2.00 bits per heavy atom. The number of nitrogens with zero attached hydrogens (tertiary/aromatic N) is 2. The van der Waals surface area contributed by atoms with E-state index in [1.54, 1.807) is 12.1 Å². The average molecular weight is 283 g/mol. The van der Waals surface area contributed by atoms with E-state index in [1.165, 1.54) is 12.1 Å². The SMILES string of the molecule is Cc1ccc(S(=O)(=O)N2CCN/C2=C/[N+](=O)[O-])cc1. The molecule has 1 fully saturated rings. The van der Waals surface area contributed by atoms with Gasteiger partial charge in [0.25, 0.3) is 16.2 Å². The fraction of sp³-hybridized carbons (Fsp3) is 0.273. The maximum absolute atomic E-state index is 12.4. The molecule has 0 aromatic heterocycles. The topological polar surface area (TPSA) is 92.6 Å². The van der Waals surface area contributed by atoms with Crippen LogP contribution in [-0.4, -0.2) is 30.7 Å². The van der Waals surface area contributed by atoms with Gasteiger partial charge in [0.1, 0.15) is 0 Å². The monoisotopic (exact) mass is 283 g/mol. The third-order valence-electron chi connectivity index (χ3n) is 2.73. The van der Waals surface area contributed by atoms with Crippen molar-refractivity contribution < 1.29 is 13.3 Å². The summed E-state index contributed by atoms with van der Waals surface area (Å²) in [6, 6.07) is 6.36. The number of sulfonamides is 1. The van der Waals surface area contributed by atoms with Crippen LogP contribution in [0.2, 0.25) is 0 Å². The van der Waals surface area contributed by atoms with Gasteiger partial charge < -0.3 is 5.32 Å². The molecule has 0 atom stereocenters. The zero-order valence-corrected chi connectivity index (χ0v) is 11.1. The molecule has 0 bridgehead atoms. The molecular weight excluding hydrogens is 270 g/mol. The van der Waals surface area contributed by atoms with Crippen molar-refractivity contribution in [2.24, 2.45) is 0 Å². The van der Waals surface area contributed by atoms with Crippen LogP contribution in [0.15, 0.2) is 41.2 Å². The predicted octanol–water partition coefficient (Wildman–Crippen LogP) is 0.665. The molecule has 0 amide bonds. The van der Waals surface area contributed by atoms with Gasteiger partial charge in [0, 0.05) is 6.54 Å². The van der Waals surface area contributed by atoms with Gasteiger partial charge in [-0.2, -0.15) is 0 Å². The summed E-state index contributed by atoms with van der Waals surface area (Å²) in [5.41, 5.74) is 0.944. The highest BCUT2D eigenvalue weighted by molar-refractivity contribution is 7.89. The average Bonchev–Trinajstić information content (AvgIpc) is 2.77. The molecule has 0 radical (unpaired) electrons. The quantitative estimate of drug-likeness (QED) is 0.650. The van der Waals surface area contributed by atoms with Crippen LogP contribution in [0.25, 0.3) is 0 Å². The summed E-state index contributed by atoms with van der Waals surface area (Å²) in [4.78, 5) is 9.92. The summed E-state index contributed by atoms with van der Waals surface area (Å²) in [5.74, 6) is -0.00873. The third-order valence-corrected chi connectivity index (χ3v) is 4.55. The molecule has 7 nitrogen and oxygen atoms in total. The lowest BCUT2D eigenvalue weighted by molar-refractivity contribution is -0.404. The fourth-order valence-corrected chi connectivity index (χ4v) is 3.23. The van der Waals surface area contributed by atoms with Crippen molar-refractivity contribution in [2.45, 2.75) is 11.8 Å². The highest BCUT2D eigenvalue weighted by Crippen LogP contribution is 2.21. The van der Waals surface area contributed by atoms with Crippen molar-refractivity contribution in [3.05, 3.63) is 52.0 Å². The normalized spacial score (nSPS) is 17.5. The van der Waals surface area contributed by atoms with E-state index in [4.69, 9.17) is 0 Å². The molecule has 8 heteroatoms. The Kier molecular flexibility index (Phi) is 3.43. The van der Waals surface area contributed by atoms with Gasteiger partial charge in [-0.1, -0.05) is 17.7 Å². The highest BCUT2D eigenvalue weighted by Gasteiger charge is 2.31. The van der Waals surface area contributed by atoms with Crippen LogP contribution in [-0.2, 0) is 10.0 Å². The molecule has 1 heterocycles. The fourth-order valence-electron chi connectivity index (χ4n) is 1.79. The molecule has 0 spiro atoms. The Morgan fingerprint density at radius 3 is 2.58 bits per heavy atom. The zero-order valence-electron chi connectivity index (χ0n) is 10.2. The van der Waals surface area contributed by atoms with Crippen molar-refractivity contribution in [3.63, 3.8) is 0 Å². The Bertz CT molecular complexity index is 622. The Balaban J connectivity index is 2.39. The molecule has 0 unspecified atom stereocenters. The lowest BCUT2D eigenvalue weighted by Gasteiger charge is -2.17. The summed E-state index contributed by atoms with van der Waals surface area (Å²) in [6.45, 7) is 2.38. The minimum Gasteiger partial charge on any atom is -0.364 e. The minimum absolute atomic E-state index is 0.00873. The first kappa shape index (κ1) is 13.3. The molecule has 1 aromatic rings. The number of aryl methyl sites for hydroxylation is 1.